The molecule has 1 amide bonds. The number of esters is 1. The Morgan fingerprint density at radius 1 is 1.22 bits per heavy atom. The number of rotatable bonds is 4. The molecule has 1 saturated heterocycles. The largest absolute Gasteiger partial charge is 0.468 e. The number of carbonyl (C=O) groups is 2. The molecule has 1 aromatic carbocycles. The van der Waals surface area contributed by atoms with Gasteiger partial charge in [-0.2, -0.15) is 0 Å². The van der Waals surface area contributed by atoms with Gasteiger partial charge in [0.15, 0.2) is 0 Å². The lowest BCUT2D eigenvalue weighted by Crippen LogP contribution is -2.42. The van der Waals surface area contributed by atoms with Crippen LogP contribution in [0.4, 0.5) is 0 Å². The zero-order chi connectivity index (χ0) is 16.4. The van der Waals surface area contributed by atoms with Gasteiger partial charge in [0.1, 0.15) is 6.04 Å². The van der Waals surface area contributed by atoms with Gasteiger partial charge in [0.2, 0.25) is 5.91 Å². The molecule has 0 radical (unpaired) electrons. The predicted molar refractivity (Wildman–Crippen MR) is 86.7 cm³/mol. The highest BCUT2D eigenvalue weighted by Crippen LogP contribution is 2.40. The fraction of sp³-hybridized carbons (Fsp3) is 0.556. The molecule has 5 heteroatoms. The van der Waals surface area contributed by atoms with E-state index in [1.807, 2.05) is 12.1 Å². The first-order valence-electron chi connectivity index (χ1n) is 8.32. The molecule has 5 nitrogen and oxygen atoms in total. The van der Waals surface area contributed by atoms with Gasteiger partial charge in [0.25, 0.3) is 0 Å². The Morgan fingerprint density at radius 2 is 1.91 bits per heavy atom. The van der Waals surface area contributed by atoms with E-state index in [0.717, 1.165) is 18.4 Å². The first kappa shape index (κ1) is 16.0. The van der Waals surface area contributed by atoms with Crippen molar-refractivity contribution < 1.29 is 14.3 Å². The van der Waals surface area contributed by atoms with Gasteiger partial charge in [-0.3, -0.25) is 14.5 Å². The van der Waals surface area contributed by atoms with Crippen molar-refractivity contribution in [2.24, 2.45) is 11.7 Å². The van der Waals surface area contributed by atoms with Crippen LogP contribution in [0.25, 0.3) is 0 Å². The van der Waals surface area contributed by atoms with Gasteiger partial charge in [0.05, 0.1) is 7.11 Å². The topological polar surface area (TPSA) is 72.6 Å². The number of benzene rings is 1. The molecule has 2 aliphatic rings. The summed E-state index contributed by atoms with van der Waals surface area (Å²) in [6.07, 6.45) is 5.74. The molecule has 0 aromatic heterocycles. The lowest BCUT2D eigenvalue weighted by Gasteiger charge is -2.33. The predicted octanol–water partition coefficient (Wildman–Crippen LogP) is 2.09. The maximum Gasteiger partial charge on any atom is 0.323 e. The van der Waals surface area contributed by atoms with Crippen LogP contribution in [0.2, 0.25) is 0 Å². The fourth-order valence-electron chi connectivity index (χ4n) is 4.13. The Hall–Kier alpha value is -1.88. The summed E-state index contributed by atoms with van der Waals surface area (Å²) in [6, 6.07) is 7.65. The maximum atomic E-state index is 12.2. The molecular formula is C18H24N2O3. The van der Waals surface area contributed by atoms with Crippen LogP contribution in [0.15, 0.2) is 24.3 Å². The molecule has 2 fully saturated rings. The van der Waals surface area contributed by atoms with Gasteiger partial charge in [-0.1, -0.05) is 25.0 Å². The van der Waals surface area contributed by atoms with Crippen molar-refractivity contribution in [3.63, 3.8) is 0 Å². The van der Waals surface area contributed by atoms with E-state index in [0.29, 0.717) is 24.1 Å². The second-order valence-electron chi connectivity index (χ2n) is 6.62. The van der Waals surface area contributed by atoms with E-state index in [2.05, 4.69) is 4.90 Å². The van der Waals surface area contributed by atoms with E-state index < -0.39 is 5.91 Å². The number of hydrogen-bond acceptors (Lipinski definition) is 4. The van der Waals surface area contributed by atoms with E-state index >= 15 is 0 Å². The number of nitrogens with zero attached hydrogens (tertiary/aromatic N) is 1. The van der Waals surface area contributed by atoms with Crippen LogP contribution in [0, 0.1) is 5.92 Å². The number of amides is 1. The van der Waals surface area contributed by atoms with Crippen LogP contribution in [0.1, 0.15) is 48.0 Å². The molecule has 23 heavy (non-hydrogen) atoms. The standard InChI is InChI=1S/C18H24N2O3/c1-23-18(22)16-10-14-4-2-3-5-15(14)20(16)11-12-6-8-13(9-7-12)17(19)21/h6-9,14-16H,2-5,10-11H2,1H3,(H2,19,21)/t14-,15+,16+/m1/s1. The number of ether oxygens (including phenoxy) is 1. The molecule has 0 spiro atoms. The Bertz CT molecular complexity index is 584. The van der Waals surface area contributed by atoms with Crippen molar-refractivity contribution in [1.29, 1.82) is 0 Å². The highest BCUT2D eigenvalue weighted by atomic mass is 16.5. The van der Waals surface area contributed by atoms with E-state index in [1.165, 1.54) is 26.4 Å². The van der Waals surface area contributed by atoms with Gasteiger partial charge in [-0.05, 0) is 42.9 Å². The molecule has 1 aliphatic heterocycles. The number of primary amides is 1. The summed E-state index contributed by atoms with van der Waals surface area (Å²) in [5, 5.41) is 0. The van der Waals surface area contributed by atoms with Gasteiger partial charge >= 0.3 is 5.97 Å². The molecule has 0 unspecified atom stereocenters. The number of hydrogen-bond donors (Lipinski definition) is 1. The summed E-state index contributed by atoms with van der Waals surface area (Å²) < 4.78 is 5.02. The highest BCUT2D eigenvalue weighted by Gasteiger charge is 2.45. The van der Waals surface area contributed by atoms with E-state index in [9.17, 15) is 9.59 Å². The first-order valence-corrected chi connectivity index (χ1v) is 8.32. The zero-order valence-corrected chi connectivity index (χ0v) is 13.5. The molecular weight excluding hydrogens is 292 g/mol. The van der Waals surface area contributed by atoms with Crippen molar-refractivity contribution in [1.82, 2.24) is 4.90 Å². The van der Waals surface area contributed by atoms with Crippen LogP contribution in [0.3, 0.4) is 0 Å². The van der Waals surface area contributed by atoms with Crippen LogP contribution >= 0.6 is 0 Å². The highest BCUT2D eigenvalue weighted by molar-refractivity contribution is 5.92. The van der Waals surface area contributed by atoms with Crippen molar-refractivity contribution in [2.75, 3.05) is 7.11 Å². The number of methoxy groups -OCH3 is 1. The smallest absolute Gasteiger partial charge is 0.323 e. The molecule has 3 atom stereocenters. The molecule has 3 rings (SSSR count). The van der Waals surface area contributed by atoms with Gasteiger partial charge < -0.3 is 10.5 Å². The second-order valence-corrected chi connectivity index (χ2v) is 6.62. The third-order valence-electron chi connectivity index (χ3n) is 5.30. The Kier molecular flexibility index (Phi) is 4.66. The number of carbonyl (C=O) groups excluding carboxylic acids is 2. The monoisotopic (exact) mass is 316 g/mol. The van der Waals surface area contributed by atoms with Gasteiger partial charge in [-0.25, -0.2) is 0 Å². The third-order valence-corrected chi connectivity index (χ3v) is 5.30. The zero-order valence-electron chi connectivity index (χ0n) is 13.5. The minimum absolute atomic E-state index is 0.131. The SMILES string of the molecule is COC(=O)[C@@H]1C[C@H]2CCCC[C@@H]2N1Cc1ccc(C(N)=O)cc1. The van der Waals surface area contributed by atoms with Gasteiger partial charge in [0, 0.05) is 18.2 Å². The summed E-state index contributed by atoms with van der Waals surface area (Å²) in [5.41, 5.74) is 6.89. The van der Waals surface area contributed by atoms with E-state index in [1.54, 1.807) is 12.1 Å². The summed E-state index contributed by atoms with van der Waals surface area (Å²) in [6.45, 7) is 0.708. The minimum Gasteiger partial charge on any atom is -0.468 e. The molecule has 1 aromatic rings. The Labute approximate surface area is 136 Å². The normalized spacial score (nSPS) is 27.4. The quantitative estimate of drug-likeness (QED) is 0.863. The average Bonchev–Trinajstić information content (AvgIpc) is 2.93. The Balaban J connectivity index is 1.79. The van der Waals surface area contributed by atoms with Crippen LogP contribution in [-0.4, -0.2) is 36.0 Å². The lowest BCUT2D eigenvalue weighted by atomic mass is 9.84. The summed E-state index contributed by atoms with van der Waals surface area (Å²) >= 11 is 0. The number of fused-ring (bicyclic) bond motifs is 1. The van der Waals surface area contributed by atoms with Crippen LogP contribution < -0.4 is 5.73 Å². The van der Waals surface area contributed by atoms with Crippen molar-refractivity contribution >= 4 is 11.9 Å². The summed E-state index contributed by atoms with van der Waals surface area (Å²) in [7, 11) is 1.46. The molecule has 124 valence electrons. The summed E-state index contributed by atoms with van der Waals surface area (Å²) in [5.74, 6) is 0.0448. The molecule has 0 bridgehead atoms. The summed E-state index contributed by atoms with van der Waals surface area (Å²) in [4.78, 5) is 25.7. The molecule has 1 aliphatic carbocycles. The van der Waals surface area contributed by atoms with E-state index in [4.69, 9.17) is 10.5 Å². The maximum absolute atomic E-state index is 12.2. The van der Waals surface area contributed by atoms with Gasteiger partial charge in [-0.15, -0.1) is 0 Å². The Morgan fingerprint density at radius 3 is 2.57 bits per heavy atom. The molecule has 1 heterocycles. The van der Waals surface area contributed by atoms with Crippen LogP contribution in [-0.2, 0) is 16.1 Å². The second kappa shape index (κ2) is 6.71. The van der Waals surface area contributed by atoms with Crippen molar-refractivity contribution in [3.05, 3.63) is 35.4 Å². The lowest BCUT2D eigenvalue weighted by molar-refractivity contribution is -0.146. The van der Waals surface area contributed by atoms with Crippen LogP contribution in [0.5, 0.6) is 0 Å². The van der Waals surface area contributed by atoms with Crippen molar-refractivity contribution in [3.8, 4) is 0 Å². The number of nitrogens with two attached hydrogens (primary N) is 1. The molecule has 2 N–H and O–H groups in total. The average molecular weight is 316 g/mol. The van der Waals surface area contributed by atoms with Crippen molar-refractivity contribution in [2.45, 2.75) is 50.7 Å². The minimum atomic E-state index is -0.419. The van der Waals surface area contributed by atoms with E-state index in [-0.39, 0.29) is 12.0 Å². The third kappa shape index (κ3) is 3.24. The molecule has 1 saturated carbocycles. The first-order chi connectivity index (χ1) is 11.1. The fourth-order valence-corrected chi connectivity index (χ4v) is 4.13. The number of likely N-dealkylation sites (tertiary alicyclic amines) is 1.